The van der Waals surface area contributed by atoms with Crippen LogP contribution in [0, 0.1) is 5.92 Å². The van der Waals surface area contributed by atoms with Gasteiger partial charge in [-0.05, 0) is 25.5 Å². The highest BCUT2D eigenvalue weighted by Crippen LogP contribution is 2.33. The van der Waals surface area contributed by atoms with Crippen LogP contribution in [-0.2, 0) is 10.6 Å². The Hall–Kier alpha value is -1.26. The SMILES string of the molecule is COc1cccc2c1nc(CCl)n2C(C)C1CCOC1. The van der Waals surface area contributed by atoms with Crippen molar-refractivity contribution in [1.29, 1.82) is 0 Å². The molecule has 2 aromatic rings. The molecule has 1 aromatic carbocycles. The second-order valence-electron chi connectivity index (χ2n) is 5.22. The summed E-state index contributed by atoms with van der Waals surface area (Å²) in [6.45, 7) is 3.88. The van der Waals surface area contributed by atoms with Crippen LogP contribution in [0.25, 0.3) is 11.0 Å². The number of fused-ring (bicyclic) bond motifs is 1. The third kappa shape index (κ3) is 2.17. The first-order chi connectivity index (χ1) is 9.76. The van der Waals surface area contributed by atoms with Gasteiger partial charge in [-0.1, -0.05) is 6.07 Å². The molecule has 0 N–H and O–H groups in total. The van der Waals surface area contributed by atoms with Crippen LogP contribution in [0.1, 0.15) is 25.2 Å². The Morgan fingerprint density at radius 3 is 3.05 bits per heavy atom. The maximum Gasteiger partial charge on any atom is 0.146 e. The fourth-order valence-corrected chi connectivity index (χ4v) is 3.19. The van der Waals surface area contributed by atoms with Crippen LogP contribution in [-0.4, -0.2) is 29.9 Å². The van der Waals surface area contributed by atoms with Gasteiger partial charge in [0.25, 0.3) is 0 Å². The van der Waals surface area contributed by atoms with E-state index in [4.69, 9.17) is 21.1 Å². The number of aromatic nitrogens is 2. The minimum absolute atomic E-state index is 0.323. The van der Waals surface area contributed by atoms with Gasteiger partial charge in [0.1, 0.15) is 17.1 Å². The van der Waals surface area contributed by atoms with Crippen LogP contribution < -0.4 is 4.74 Å². The first-order valence-corrected chi connectivity index (χ1v) is 7.47. The molecule has 1 aliphatic rings. The van der Waals surface area contributed by atoms with E-state index in [9.17, 15) is 0 Å². The number of benzene rings is 1. The maximum atomic E-state index is 6.09. The Kier molecular flexibility index (Phi) is 3.85. The quantitative estimate of drug-likeness (QED) is 0.811. The van der Waals surface area contributed by atoms with Crippen LogP contribution in [0.4, 0.5) is 0 Å². The molecule has 5 heteroatoms. The van der Waals surface area contributed by atoms with E-state index >= 15 is 0 Å². The summed E-state index contributed by atoms with van der Waals surface area (Å²) in [5, 5.41) is 0. The minimum Gasteiger partial charge on any atom is -0.494 e. The van der Waals surface area contributed by atoms with Gasteiger partial charge < -0.3 is 14.0 Å². The van der Waals surface area contributed by atoms with Gasteiger partial charge in [-0.25, -0.2) is 4.98 Å². The first-order valence-electron chi connectivity index (χ1n) is 6.93. The van der Waals surface area contributed by atoms with Gasteiger partial charge in [0.15, 0.2) is 0 Å². The van der Waals surface area contributed by atoms with Crippen molar-refractivity contribution in [3.63, 3.8) is 0 Å². The van der Waals surface area contributed by atoms with Crippen LogP contribution in [0.2, 0.25) is 0 Å². The molecular weight excluding hydrogens is 276 g/mol. The molecule has 2 heterocycles. The lowest BCUT2D eigenvalue weighted by Crippen LogP contribution is -2.18. The van der Waals surface area contributed by atoms with Crippen LogP contribution in [0.3, 0.4) is 0 Å². The average molecular weight is 295 g/mol. The molecule has 4 nitrogen and oxygen atoms in total. The molecule has 0 amide bonds. The van der Waals surface area contributed by atoms with E-state index in [0.29, 0.717) is 17.8 Å². The van der Waals surface area contributed by atoms with Gasteiger partial charge in [-0.2, -0.15) is 0 Å². The van der Waals surface area contributed by atoms with Gasteiger partial charge in [0.05, 0.1) is 25.1 Å². The van der Waals surface area contributed by atoms with E-state index in [1.807, 2.05) is 12.1 Å². The van der Waals surface area contributed by atoms with E-state index < -0.39 is 0 Å². The zero-order chi connectivity index (χ0) is 14.1. The number of imidazole rings is 1. The third-order valence-electron chi connectivity index (χ3n) is 4.15. The Balaban J connectivity index is 2.12. The fraction of sp³-hybridized carbons (Fsp3) is 0.533. The summed E-state index contributed by atoms with van der Waals surface area (Å²) in [5.41, 5.74) is 1.97. The van der Waals surface area contributed by atoms with Crippen molar-refractivity contribution < 1.29 is 9.47 Å². The lowest BCUT2D eigenvalue weighted by molar-refractivity contribution is 0.175. The number of alkyl halides is 1. The second-order valence-corrected chi connectivity index (χ2v) is 5.49. The minimum atomic E-state index is 0.323. The van der Waals surface area contributed by atoms with Crippen LogP contribution in [0.5, 0.6) is 5.75 Å². The summed E-state index contributed by atoms with van der Waals surface area (Å²) >= 11 is 6.09. The molecule has 0 saturated carbocycles. The standard InChI is InChI=1S/C15H19ClN2O2/c1-10(11-6-7-20-9-11)18-12-4-3-5-13(19-2)15(12)17-14(18)8-16/h3-5,10-11H,6-9H2,1-2H3. The molecule has 0 spiro atoms. The number of para-hydroxylation sites is 1. The number of halogens is 1. The topological polar surface area (TPSA) is 36.3 Å². The Morgan fingerprint density at radius 1 is 1.55 bits per heavy atom. The van der Waals surface area contributed by atoms with Crippen molar-refractivity contribution in [1.82, 2.24) is 9.55 Å². The van der Waals surface area contributed by atoms with E-state index in [1.165, 1.54) is 0 Å². The molecular formula is C15H19ClN2O2. The molecule has 1 aromatic heterocycles. The normalized spacial score (nSPS) is 20.4. The van der Waals surface area contributed by atoms with E-state index in [2.05, 4.69) is 22.5 Å². The molecule has 108 valence electrons. The van der Waals surface area contributed by atoms with Crippen molar-refractivity contribution >= 4 is 22.6 Å². The number of ether oxygens (including phenoxy) is 2. The monoisotopic (exact) mass is 294 g/mol. The van der Waals surface area contributed by atoms with Crippen molar-refractivity contribution in [2.45, 2.75) is 25.3 Å². The smallest absolute Gasteiger partial charge is 0.146 e. The zero-order valence-corrected chi connectivity index (χ0v) is 12.6. The number of hydrogen-bond donors (Lipinski definition) is 0. The summed E-state index contributed by atoms with van der Waals surface area (Å²) in [6, 6.07) is 6.33. The fourth-order valence-electron chi connectivity index (χ4n) is 3.00. The molecule has 1 saturated heterocycles. The van der Waals surface area contributed by atoms with Crippen LogP contribution in [0.15, 0.2) is 18.2 Å². The molecule has 1 aliphatic heterocycles. The molecule has 0 radical (unpaired) electrons. The summed E-state index contributed by atoms with van der Waals surface area (Å²) < 4.78 is 13.2. The zero-order valence-electron chi connectivity index (χ0n) is 11.8. The molecule has 0 aliphatic carbocycles. The van der Waals surface area contributed by atoms with E-state index in [1.54, 1.807) is 7.11 Å². The first kappa shape index (κ1) is 13.7. The Bertz CT molecular complexity index is 605. The van der Waals surface area contributed by atoms with Gasteiger partial charge in [0, 0.05) is 18.6 Å². The van der Waals surface area contributed by atoms with Gasteiger partial charge in [-0.15, -0.1) is 11.6 Å². The molecule has 3 rings (SSSR count). The van der Waals surface area contributed by atoms with Crippen molar-refractivity contribution in [3.05, 3.63) is 24.0 Å². The average Bonchev–Trinajstić information content (AvgIpc) is 3.12. The highest BCUT2D eigenvalue weighted by Gasteiger charge is 2.27. The predicted molar refractivity (Wildman–Crippen MR) is 79.5 cm³/mol. The highest BCUT2D eigenvalue weighted by molar-refractivity contribution is 6.16. The largest absolute Gasteiger partial charge is 0.494 e. The van der Waals surface area contributed by atoms with Crippen molar-refractivity contribution in [2.24, 2.45) is 5.92 Å². The molecule has 2 atom stereocenters. The third-order valence-corrected chi connectivity index (χ3v) is 4.39. The van der Waals surface area contributed by atoms with Crippen molar-refractivity contribution in [2.75, 3.05) is 20.3 Å². The summed E-state index contributed by atoms with van der Waals surface area (Å²) in [7, 11) is 1.67. The van der Waals surface area contributed by atoms with Crippen LogP contribution >= 0.6 is 11.6 Å². The second kappa shape index (κ2) is 5.62. The Morgan fingerprint density at radius 2 is 2.40 bits per heavy atom. The summed E-state index contributed by atoms with van der Waals surface area (Å²) in [4.78, 5) is 4.66. The molecule has 1 fully saturated rings. The highest BCUT2D eigenvalue weighted by atomic mass is 35.5. The van der Waals surface area contributed by atoms with Gasteiger partial charge in [0.2, 0.25) is 0 Å². The van der Waals surface area contributed by atoms with Gasteiger partial charge in [-0.3, -0.25) is 0 Å². The predicted octanol–water partition coefficient (Wildman–Crippen LogP) is 3.38. The van der Waals surface area contributed by atoms with Gasteiger partial charge >= 0.3 is 0 Å². The van der Waals surface area contributed by atoms with E-state index in [0.717, 1.165) is 42.2 Å². The summed E-state index contributed by atoms with van der Waals surface area (Å²) in [6.07, 6.45) is 1.09. The lowest BCUT2D eigenvalue weighted by Gasteiger charge is -2.22. The Labute approximate surface area is 123 Å². The maximum absolute atomic E-state index is 6.09. The molecule has 2 unspecified atom stereocenters. The number of hydrogen-bond acceptors (Lipinski definition) is 3. The van der Waals surface area contributed by atoms with Crippen molar-refractivity contribution in [3.8, 4) is 5.75 Å². The molecule has 0 bridgehead atoms. The number of methoxy groups -OCH3 is 1. The number of rotatable bonds is 4. The lowest BCUT2D eigenvalue weighted by atomic mass is 10.00. The van der Waals surface area contributed by atoms with E-state index in [-0.39, 0.29) is 0 Å². The number of nitrogens with zero attached hydrogens (tertiary/aromatic N) is 2. The summed E-state index contributed by atoms with van der Waals surface area (Å²) in [5.74, 6) is 2.60. The molecule has 20 heavy (non-hydrogen) atoms.